The van der Waals surface area contributed by atoms with Crippen molar-refractivity contribution in [3.63, 3.8) is 0 Å². The summed E-state index contributed by atoms with van der Waals surface area (Å²) < 4.78 is 10.7. The predicted octanol–water partition coefficient (Wildman–Crippen LogP) is 1.03. The van der Waals surface area contributed by atoms with Crippen molar-refractivity contribution in [1.29, 1.82) is 0 Å². The molecule has 0 bridgehead atoms. The molecule has 4 heteroatoms. The van der Waals surface area contributed by atoms with Crippen molar-refractivity contribution in [3.8, 4) is 0 Å². The van der Waals surface area contributed by atoms with E-state index in [0.29, 0.717) is 6.42 Å². The minimum absolute atomic E-state index is 0.194. The van der Waals surface area contributed by atoms with Gasteiger partial charge in [0.05, 0.1) is 13.1 Å². The van der Waals surface area contributed by atoms with Crippen molar-refractivity contribution in [2.24, 2.45) is 0 Å². The van der Waals surface area contributed by atoms with Crippen LogP contribution in [0.15, 0.2) is 24.3 Å². The van der Waals surface area contributed by atoms with E-state index >= 15 is 0 Å². The minimum Gasteiger partial charge on any atom is -0.396 e. The van der Waals surface area contributed by atoms with Crippen LogP contribution in [0.4, 0.5) is 5.69 Å². The molecule has 0 radical (unpaired) electrons. The second kappa shape index (κ2) is 5.04. The Morgan fingerprint density at radius 3 is 2.24 bits per heavy atom. The smallest absolute Gasteiger partial charge is 0.203 e. The van der Waals surface area contributed by atoms with Gasteiger partial charge in [0.1, 0.15) is 0 Å². The molecule has 1 aliphatic rings. The molecule has 17 heavy (non-hydrogen) atoms. The highest BCUT2D eigenvalue weighted by atomic mass is 16.7. The van der Waals surface area contributed by atoms with Crippen LogP contribution >= 0.6 is 0 Å². The van der Waals surface area contributed by atoms with Gasteiger partial charge in [0, 0.05) is 26.5 Å². The number of ether oxygens (including phenoxy) is 2. The molecule has 0 spiro atoms. The van der Waals surface area contributed by atoms with E-state index in [1.54, 1.807) is 14.2 Å². The number of nitrogens with zero attached hydrogens (tertiary/aromatic N) is 1. The van der Waals surface area contributed by atoms with Gasteiger partial charge in [-0.3, -0.25) is 0 Å². The third-order valence-corrected chi connectivity index (χ3v) is 3.31. The summed E-state index contributed by atoms with van der Waals surface area (Å²) in [4.78, 5) is 2.20. The fraction of sp³-hybridized carbons (Fsp3) is 0.538. The molecule has 94 valence electrons. The van der Waals surface area contributed by atoms with Crippen LogP contribution in [-0.4, -0.2) is 44.8 Å². The molecule has 1 aliphatic heterocycles. The highest BCUT2D eigenvalue weighted by Gasteiger charge is 2.43. The SMILES string of the molecule is COC1(OC)CN(c2ccc(CCO)cc2)C1. The molecule has 1 aromatic carbocycles. The van der Waals surface area contributed by atoms with Gasteiger partial charge in [-0.2, -0.15) is 0 Å². The zero-order valence-corrected chi connectivity index (χ0v) is 10.3. The van der Waals surface area contributed by atoms with Crippen LogP contribution in [0.5, 0.6) is 0 Å². The molecule has 1 saturated heterocycles. The van der Waals surface area contributed by atoms with E-state index in [9.17, 15) is 0 Å². The highest BCUT2D eigenvalue weighted by molar-refractivity contribution is 5.51. The molecule has 0 aliphatic carbocycles. The fourth-order valence-electron chi connectivity index (χ4n) is 2.06. The van der Waals surface area contributed by atoms with E-state index in [0.717, 1.165) is 24.3 Å². The number of hydrogen-bond acceptors (Lipinski definition) is 4. The van der Waals surface area contributed by atoms with E-state index in [-0.39, 0.29) is 6.61 Å². The van der Waals surface area contributed by atoms with Crippen LogP contribution in [0, 0.1) is 0 Å². The highest BCUT2D eigenvalue weighted by Crippen LogP contribution is 2.30. The number of anilines is 1. The van der Waals surface area contributed by atoms with Gasteiger partial charge in [-0.1, -0.05) is 12.1 Å². The van der Waals surface area contributed by atoms with Crippen molar-refractivity contribution in [2.45, 2.75) is 12.2 Å². The summed E-state index contributed by atoms with van der Waals surface area (Å²) in [7, 11) is 3.34. The van der Waals surface area contributed by atoms with E-state index in [1.165, 1.54) is 0 Å². The van der Waals surface area contributed by atoms with Gasteiger partial charge < -0.3 is 19.5 Å². The van der Waals surface area contributed by atoms with Gasteiger partial charge in [0.15, 0.2) is 0 Å². The predicted molar refractivity (Wildman–Crippen MR) is 66.2 cm³/mol. The second-order valence-corrected chi connectivity index (χ2v) is 4.32. The Morgan fingerprint density at radius 1 is 1.18 bits per heavy atom. The number of aliphatic hydroxyl groups is 1. The van der Waals surface area contributed by atoms with Crippen molar-refractivity contribution in [1.82, 2.24) is 0 Å². The lowest BCUT2D eigenvalue weighted by atomic mass is 10.0. The molecule has 0 amide bonds. The lowest BCUT2D eigenvalue weighted by Gasteiger charge is -2.48. The van der Waals surface area contributed by atoms with Crippen LogP contribution < -0.4 is 4.90 Å². The van der Waals surface area contributed by atoms with E-state index in [2.05, 4.69) is 17.0 Å². The number of benzene rings is 1. The normalized spacial score (nSPS) is 17.9. The Balaban J connectivity index is 1.97. The lowest BCUT2D eigenvalue weighted by molar-refractivity contribution is -0.219. The Morgan fingerprint density at radius 2 is 1.76 bits per heavy atom. The molecule has 0 aromatic heterocycles. The van der Waals surface area contributed by atoms with Crippen molar-refractivity contribution < 1.29 is 14.6 Å². The summed E-state index contributed by atoms with van der Waals surface area (Å²) >= 11 is 0. The monoisotopic (exact) mass is 237 g/mol. The number of methoxy groups -OCH3 is 2. The van der Waals surface area contributed by atoms with Gasteiger partial charge >= 0.3 is 0 Å². The van der Waals surface area contributed by atoms with Crippen LogP contribution in [0.3, 0.4) is 0 Å². The Hall–Kier alpha value is -1.10. The lowest BCUT2D eigenvalue weighted by Crippen LogP contribution is -2.64. The molecule has 1 aromatic rings. The van der Waals surface area contributed by atoms with Crippen LogP contribution in [0.25, 0.3) is 0 Å². The van der Waals surface area contributed by atoms with Gasteiger partial charge in [-0.05, 0) is 24.1 Å². The first-order valence-corrected chi connectivity index (χ1v) is 5.78. The van der Waals surface area contributed by atoms with Gasteiger partial charge in [0.2, 0.25) is 5.79 Å². The number of aliphatic hydroxyl groups excluding tert-OH is 1. The van der Waals surface area contributed by atoms with Crippen LogP contribution in [0.1, 0.15) is 5.56 Å². The number of rotatable bonds is 5. The second-order valence-electron chi connectivity index (χ2n) is 4.32. The van der Waals surface area contributed by atoms with Gasteiger partial charge in [0.25, 0.3) is 0 Å². The fourth-order valence-corrected chi connectivity index (χ4v) is 2.06. The van der Waals surface area contributed by atoms with Crippen molar-refractivity contribution in [2.75, 3.05) is 38.8 Å². The van der Waals surface area contributed by atoms with Crippen molar-refractivity contribution >= 4 is 5.69 Å². The minimum atomic E-state index is -0.441. The number of hydrogen-bond donors (Lipinski definition) is 1. The molecule has 0 unspecified atom stereocenters. The molecular formula is C13H19NO3. The van der Waals surface area contributed by atoms with E-state index < -0.39 is 5.79 Å². The summed E-state index contributed by atoms with van der Waals surface area (Å²) in [6.45, 7) is 1.69. The third kappa shape index (κ3) is 2.44. The largest absolute Gasteiger partial charge is 0.396 e. The molecular weight excluding hydrogens is 218 g/mol. The average Bonchev–Trinajstić information content (AvgIpc) is 2.31. The Kier molecular flexibility index (Phi) is 3.66. The summed E-state index contributed by atoms with van der Waals surface area (Å²) in [5.41, 5.74) is 2.32. The summed E-state index contributed by atoms with van der Waals surface area (Å²) in [6, 6.07) is 8.23. The van der Waals surface area contributed by atoms with Crippen LogP contribution in [0.2, 0.25) is 0 Å². The maximum Gasteiger partial charge on any atom is 0.203 e. The Labute approximate surface area is 102 Å². The standard InChI is InChI=1S/C13H19NO3/c1-16-13(17-2)9-14(10-13)12-5-3-11(4-6-12)7-8-15/h3-6,15H,7-10H2,1-2H3. The molecule has 1 fully saturated rings. The van der Waals surface area contributed by atoms with E-state index in [4.69, 9.17) is 14.6 Å². The first-order chi connectivity index (χ1) is 8.23. The first-order valence-electron chi connectivity index (χ1n) is 5.78. The average molecular weight is 237 g/mol. The molecule has 0 saturated carbocycles. The van der Waals surface area contributed by atoms with Gasteiger partial charge in [-0.15, -0.1) is 0 Å². The zero-order chi connectivity index (χ0) is 12.3. The first kappa shape index (κ1) is 12.4. The molecule has 2 rings (SSSR count). The third-order valence-electron chi connectivity index (χ3n) is 3.31. The molecule has 1 heterocycles. The summed E-state index contributed by atoms with van der Waals surface area (Å²) in [5, 5.41) is 8.84. The molecule has 4 nitrogen and oxygen atoms in total. The molecule has 1 N–H and O–H groups in total. The molecule has 0 atom stereocenters. The quantitative estimate of drug-likeness (QED) is 0.777. The van der Waals surface area contributed by atoms with Crippen LogP contribution in [-0.2, 0) is 15.9 Å². The zero-order valence-electron chi connectivity index (χ0n) is 10.3. The summed E-state index contributed by atoms with van der Waals surface area (Å²) in [6.07, 6.45) is 0.709. The maximum absolute atomic E-state index is 8.84. The Bertz CT molecular complexity index is 351. The summed E-state index contributed by atoms with van der Waals surface area (Å²) in [5.74, 6) is -0.441. The topological polar surface area (TPSA) is 41.9 Å². The van der Waals surface area contributed by atoms with Crippen molar-refractivity contribution in [3.05, 3.63) is 29.8 Å². The maximum atomic E-state index is 8.84. The van der Waals surface area contributed by atoms with E-state index in [1.807, 2.05) is 12.1 Å². The van der Waals surface area contributed by atoms with Gasteiger partial charge in [-0.25, -0.2) is 0 Å².